The Labute approximate surface area is 103 Å². The molecule has 16 heavy (non-hydrogen) atoms. The number of carboxylic acids is 1. The van der Waals surface area contributed by atoms with Crippen molar-refractivity contribution in [2.45, 2.75) is 13.5 Å². The Bertz CT molecular complexity index is 385. The zero-order valence-electron chi connectivity index (χ0n) is 9.03. The maximum Gasteiger partial charge on any atom is 0.328 e. The molecular weight excluding hydrogens is 270 g/mol. The van der Waals surface area contributed by atoms with Crippen LogP contribution in [-0.2, 0) is 11.3 Å². The second-order valence-corrected chi connectivity index (χ2v) is 4.47. The van der Waals surface area contributed by atoms with Crippen LogP contribution < -0.4 is 5.32 Å². The number of benzene rings is 1. The van der Waals surface area contributed by atoms with E-state index in [0.29, 0.717) is 6.54 Å². The van der Waals surface area contributed by atoms with E-state index in [-0.39, 0.29) is 0 Å². The second kappa shape index (κ2) is 6.45. The molecule has 0 spiro atoms. The van der Waals surface area contributed by atoms with Gasteiger partial charge in [-0.15, -0.1) is 0 Å². The van der Waals surface area contributed by atoms with Crippen LogP contribution in [0, 0.1) is 0 Å². The van der Waals surface area contributed by atoms with Gasteiger partial charge in [0, 0.05) is 23.6 Å². The van der Waals surface area contributed by atoms with Crippen LogP contribution in [0.5, 0.6) is 0 Å². The fourth-order valence-corrected chi connectivity index (χ4v) is 1.53. The van der Waals surface area contributed by atoms with Crippen molar-refractivity contribution >= 4 is 21.9 Å². The maximum atomic E-state index is 10.4. The van der Waals surface area contributed by atoms with Gasteiger partial charge in [0.15, 0.2) is 0 Å². The average Bonchev–Trinajstić information content (AvgIpc) is 2.20. The van der Waals surface area contributed by atoms with Crippen LogP contribution in [0.25, 0.3) is 0 Å². The number of aliphatic carboxylic acids is 1. The molecule has 1 rings (SSSR count). The van der Waals surface area contributed by atoms with Gasteiger partial charge < -0.3 is 10.4 Å². The van der Waals surface area contributed by atoms with E-state index in [1.54, 1.807) is 6.92 Å². The Balaban J connectivity index is 2.36. The highest BCUT2D eigenvalue weighted by Crippen LogP contribution is 2.10. The van der Waals surface area contributed by atoms with Crippen molar-refractivity contribution in [1.29, 1.82) is 0 Å². The topological polar surface area (TPSA) is 49.3 Å². The Hall–Kier alpha value is -1.13. The molecule has 0 atom stereocenters. The van der Waals surface area contributed by atoms with Gasteiger partial charge in [0.2, 0.25) is 0 Å². The number of halogens is 1. The molecule has 3 nitrogen and oxygen atoms in total. The third-order valence-corrected chi connectivity index (χ3v) is 2.54. The molecule has 1 aromatic carbocycles. The zero-order valence-corrected chi connectivity index (χ0v) is 10.6. The van der Waals surface area contributed by atoms with Crippen LogP contribution in [0.1, 0.15) is 12.5 Å². The first-order chi connectivity index (χ1) is 7.58. The molecule has 0 unspecified atom stereocenters. The number of hydrogen-bond donors (Lipinski definition) is 2. The summed E-state index contributed by atoms with van der Waals surface area (Å²) in [7, 11) is 0. The Morgan fingerprint density at radius 2 is 2.06 bits per heavy atom. The summed E-state index contributed by atoms with van der Waals surface area (Å²) >= 11 is 3.37. The molecule has 0 aromatic heterocycles. The molecule has 4 heteroatoms. The van der Waals surface area contributed by atoms with Gasteiger partial charge in [-0.1, -0.05) is 33.6 Å². The largest absolute Gasteiger partial charge is 0.478 e. The molecule has 0 amide bonds. The lowest BCUT2D eigenvalue weighted by Crippen LogP contribution is -2.16. The van der Waals surface area contributed by atoms with Gasteiger partial charge in [0.25, 0.3) is 0 Å². The van der Waals surface area contributed by atoms with Crippen molar-refractivity contribution in [1.82, 2.24) is 5.32 Å². The summed E-state index contributed by atoms with van der Waals surface area (Å²) in [5.74, 6) is -0.900. The molecule has 0 heterocycles. The number of carbonyl (C=O) groups is 1. The van der Waals surface area contributed by atoms with E-state index in [2.05, 4.69) is 21.2 Å². The van der Waals surface area contributed by atoms with E-state index in [1.807, 2.05) is 24.3 Å². The first-order valence-corrected chi connectivity index (χ1v) is 5.72. The van der Waals surface area contributed by atoms with Crippen molar-refractivity contribution in [2.24, 2.45) is 0 Å². The van der Waals surface area contributed by atoms with Crippen molar-refractivity contribution in [2.75, 3.05) is 6.54 Å². The van der Waals surface area contributed by atoms with Crippen LogP contribution in [0.4, 0.5) is 0 Å². The van der Waals surface area contributed by atoms with Gasteiger partial charge in [0.05, 0.1) is 0 Å². The van der Waals surface area contributed by atoms with E-state index < -0.39 is 5.97 Å². The summed E-state index contributed by atoms with van der Waals surface area (Å²) in [4.78, 5) is 10.4. The Morgan fingerprint density at radius 1 is 1.44 bits per heavy atom. The van der Waals surface area contributed by atoms with Gasteiger partial charge in [-0.25, -0.2) is 4.79 Å². The number of rotatable bonds is 5. The minimum Gasteiger partial charge on any atom is -0.478 e. The molecule has 0 saturated carbocycles. The van der Waals surface area contributed by atoms with E-state index in [0.717, 1.165) is 16.6 Å². The highest BCUT2D eigenvalue weighted by molar-refractivity contribution is 9.10. The molecule has 2 N–H and O–H groups in total. The van der Waals surface area contributed by atoms with E-state index in [4.69, 9.17) is 5.11 Å². The molecule has 0 aliphatic carbocycles. The van der Waals surface area contributed by atoms with Gasteiger partial charge in [-0.05, 0) is 24.6 Å². The van der Waals surface area contributed by atoms with Gasteiger partial charge in [0.1, 0.15) is 0 Å². The van der Waals surface area contributed by atoms with Gasteiger partial charge >= 0.3 is 5.97 Å². The molecule has 0 aliphatic heterocycles. The smallest absolute Gasteiger partial charge is 0.328 e. The average molecular weight is 284 g/mol. The molecule has 0 fully saturated rings. The first kappa shape index (κ1) is 12.9. The maximum absolute atomic E-state index is 10.4. The molecule has 0 aliphatic rings. The summed E-state index contributed by atoms with van der Waals surface area (Å²) < 4.78 is 1.05. The predicted octanol–water partition coefficient (Wildman–Crippen LogP) is 2.57. The van der Waals surface area contributed by atoms with Crippen molar-refractivity contribution in [3.05, 3.63) is 46.0 Å². The number of carboxylic acid groups (broad SMARTS) is 1. The lowest BCUT2D eigenvalue weighted by atomic mass is 10.2. The lowest BCUT2D eigenvalue weighted by molar-refractivity contribution is -0.131. The fourth-order valence-electron chi connectivity index (χ4n) is 1.27. The minimum absolute atomic E-state index is 0.586. The standard InChI is InChI=1S/C12H14BrNO2/c1-9(6-12(15)16)7-14-8-10-2-4-11(13)5-3-10/h2-6,14H,7-8H2,1H3,(H,15,16)/b9-6-. The van der Waals surface area contributed by atoms with Crippen LogP contribution >= 0.6 is 15.9 Å². The Morgan fingerprint density at radius 3 is 2.62 bits per heavy atom. The third kappa shape index (κ3) is 5.09. The molecular formula is C12H14BrNO2. The molecule has 0 saturated heterocycles. The number of nitrogens with one attached hydrogen (secondary N) is 1. The summed E-state index contributed by atoms with van der Waals surface area (Å²) in [5, 5.41) is 11.7. The number of hydrogen-bond acceptors (Lipinski definition) is 2. The SMILES string of the molecule is C/C(=C/C(=O)O)CNCc1ccc(Br)cc1. The van der Waals surface area contributed by atoms with E-state index in [9.17, 15) is 4.79 Å². The van der Waals surface area contributed by atoms with Gasteiger partial charge in [-0.3, -0.25) is 0 Å². The van der Waals surface area contributed by atoms with Crippen LogP contribution in [0.3, 0.4) is 0 Å². The summed E-state index contributed by atoms with van der Waals surface area (Å²) in [5.41, 5.74) is 1.98. The first-order valence-electron chi connectivity index (χ1n) is 4.93. The highest BCUT2D eigenvalue weighted by atomic mass is 79.9. The Kier molecular flexibility index (Phi) is 5.22. The van der Waals surface area contributed by atoms with E-state index >= 15 is 0 Å². The van der Waals surface area contributed by atoms with Crippen molar-refractivity contribution < 1.29 is 9.90 Å². The van der Waals surface area contributed by atoms with Crippen molar-refractivity contribution in [3.8, 4) is 0 Å². The lowest BCUT2D eigenvalue weighted by Gasteiger charge is -2.04. The fraction of sp³-hybridized carbons (Fsp3) is 0.250. The van der Waals surface area contributed by atoms with Crippen LogP contribution in [0.2, 0.25) is 0 Å². The minimum atomic E-state index is -0.900. The van der Waals surface area contributed by atoms with Gasteiger partial charge in [-0.2, -0.15) is 0 Å². The molecule has 0 bridgehead atoms. The quantitative estimate of drug-likeness (QED) is 0.817. The third-order valence-electron chi connectivity index (χ3n) is 2.02. The summed E-state index contributed by atoms with van der Waals surface area (Å²) in [6.45, 7) is 3.11. The normalized spacial score (nSPS) is 11.5. The molecule has 86 valence electrons. The van der Waals surface area contributed by atoms with Crippen molar-refractivity contribution in [3.63, 3.8) is 0 Å². The predicted molar refractivity (Wildman–Crippen MR) is 67.2 cm³/mol. The van der Waals surface area contributed by atoms with Crippen LogP contribution in [0.15, 0.2) is 40.4 Å². The second-order valence-electron chi connectivity index (χ2n) is 3.56. The zero-order chi connectivity index (χ0) is 12.0. The molecule has 1 aromatic rings. The summed E-state index contributed by atoms with van der Waals surface area (Å²) in [6.07, 6.45) is 1.22. The molecule has 0 radical (unpaired) electrons. The summed E-state index contributed by atoms with van der Waals surface area (Å²) in [6, 6.07) is 8.01. The van der Waals surface area contributed by atoms with E-state index in [1.165, 1.54) is 11.6 Å². The van der Waals surface area contributed by atoms with Crippen LogP contribution in [-0.4, -0.2) is 17.6 Å². The monoisotopic (exact) mass is 283 g/mol. The highest BCUT2D eigenvalue weighted by Gasteiger charge is 1.95.